The largest absolute Gasteiger partial charge is 0.465 e. The molecule has 7 nitrogen and oxygen atoms in total. The number of carbonyl (C=O) groups excluding carboxylic acids is 2. The molecule has 12 heteroatoms. The highest BCUT2D eigenvalue weighted by molar-refractivity contribution is 7.13. The van der Waals surface area contributed by atoms with Crippen LogP contribution in [0.25, 0.3) is 0 Å². The number of halogens is 4. The Labute approximate surface area is 151 Å². The fraction of sp³-hybridized carbons (Fsp3) is 0.500. The number of esters is 1. The third kappa shape index (κ3) is 7.66. The Kier molecular flexibility index (Phi) is 9.37. The van der Waals surface area contributed by atoms with E-state index in [-0.39, 0.29) is 29.8 Å². The van der Waals surface area contributed by atoms with Gasteiger partial charge in [0, 0.05) is 5.38 Å². The van der Waals surface area contributed by atoms with Gasteiger partial charge < -0.3 is 15.2 Å². The van der Waals surface area contributed by atoms with E-state index >= 15 is 0 Å². The van der Waals surface area contributed by atoms with Crippen LogP contribution in [0.4, 0.5) is 9.93 Å². The number of rotatable bonds is 5. The van der Waals surface area contributed by atoms with E-state index in [1.165, 1.54) is 5.38 Å². The molecule has 0 spiro atoms. The van der Waals surface area contributed by atoms with E-state index in [0.29, 0.717) is 0 Å². The molecule has 0 saturated heterocycles. The molecule has 126 valence electrons. The van der Waals surface area contributed by atoms with Gasteiger partial charge in [0.15, 0.2) is 5.13 Å². The minimum absolute atomic E-state index is 0. The molecule has 1 aromatic heterocycles. The summed E-state index contributed by atoms with van der Waals surface area (Å²) in [6.45, 7) is 1.47. The first kappa shape index (κ1) is 21.5. The Morgan fingerprint density at radius 3 is 2.64 bits per heavy atom. The van der Waals surface area contributed by atoms with E-state index in [0.717, 1.165) is 11.3 Å². The molecule has 1 atom stereocenters. The normalized spacial score (nSPS) is 12.0. The van der Waals surface area contributed by atoms with Gasteiger partial charge in [0.1, 0.15) is 12.6 Å². The van der Waals surface area contributed by atoms with Gasteiger partial charge in [-0.15, -0.1) is 23.7 Å². The van der Waals surface area contributed by atoms with Crippen LogP contribution in [0.1, 0.15) is 18.7 Å². The zero-order chi connectivity index (χ0) is 16.0. The summed E-state index contributed by atoms with van der Waals surface area (Å²) in [5.41, 5.74) is 5.93. The van der Waals surface area contributed by atoms with E-state index < -0.39 is 28.5 Å². The second-order valence-electron chi connectivity index (χ2n) is 3.62. The van der Waals surface area contributed by atoms with E-state index in [9.17, 15) is 9.59 Å². The van der Waals surface area contributed by atoms with Gasteiger partial charge >= 0.3 is 12.1 Å². The predicted molar refractivity (Wildman–Crippen MR) is 88.2 cm³/mol. The molecule has 1 rings (SSSR count). The number of carbonyl (C=O) groups is 2. The van der Waals surface area contributed by atoms with Crippen LogP contribution < -0.4 is 11.1 Å². The summed E-state index contributed by atoms with van der Waals surface area (Å²) in [5.74, 6) is -0.604. The van der Waals surface area contributed by atoms with Crippen LogP contribution >= 0.6 is 58.5 Å². The summed E-state index contributed by atoms with van der Waals surface area (Å²) in [6, 6.07) is -1.02. The Bertz CT molecular complexity index is 509. The van der Waals surface area contributed by atoms with Gasteiger partial charge in [-0.2, -0.15) is 0 Å². The molecular formula is C10H13Cl4N3O4S. The average Bonchev–Trinajstić information content (AvgIpc) is 2.83. The smallest absolute Gasteiger partial charge is 0.413 e. The second kappa shape index (κ2) is 9.59. The standard InChI is InChI=1S/C10H12Cl3N3O4S.ClH/c1-2-19-7(17)6(14)5-3-21-8(15-5)16-9(18)20-4-10(11,12)13;/h3,6H,2,4,14H2,1H3,(H,15,16,18);1H. The quantitative estimate of drug-likeness (QED) is 0.568. The first-order chi connectivity index (χ1) is 9.73. The van der Waals surface area contributed by atoms with Crippen molar-refractivity contribution in [2.24, 2.45) is 5.73 Å². The number of nitrogens with two attached hydrogens (primary N) is 1. The van der Waals surface area contributed by atoms with Crippen molar-refractivity contribution >= 4 is 75.7 Å². The van der Waals surface area contributed by atoms with Gasteiger partial charge in [0.2, 0.25) is 3.79 Å². The molecule has 1 heterocycles. The number of anilines is 1. The molecule has 0 aliphatic rings. The van der Waals surface area contributed by atoms with E-state index in [2.05, 4.69) is 15.0 Å². The van der Waals surface area contributed by atoms with Gasteiger partial charge in [-0.25, -0.2) is 14.6 Å². The van der Waals surface area contributed by atoms with Crippen molar-refractivity contribution in [1.29, 1.82) is 0 Å². The molecule has 0 aliphatic heterocycles. The Hall–Kier alpha value is -0.510. The summed E-state index contributed by atoms with van der Waals surface area (Å²) in [7, 11) is 0. The minimum Gasteiger partial charge on any atom is -0.465 e. The fourth-order valence-corrected chi connectivity index (χ4v) is 2.01. The molecule has 3 N–H and O–H groups in total. The summed E-state index contributed by atoms with van der Waals surface area (Å²) < 4.78 is 7.74. The molecular weight excluding hydrogens is 400 g/mol. The number of nitrogens with zero attached hydrogens (tertiary/aromatic N) is 1. The topological polar surface area (TPSA) is 104 Å². The molecule has 22 heavy (non-hydrogen) atoms. The number of thiazole rings is 1. The first-order valence-electron chi connectivity index (χ1n) is 5.61. The highest BCUT2D eigenvalue weighted by atomic mass is 35.6. The molecule has 0 aliphatic carbocycles. The van der Waals surface area contributed by atoms with Crippen LogP contribution in [0, 0.1) is 0 Å². The molecule has 0 bridgehead atoms. The number of amides is 1. The van der Waals surface area contributed by atoms with Crippen molar-refractivity contribution in [2.75, 3.05) is 18.5 Å². The number of nitrogens with one attached hydrogen (secondary N) is 1. The number of hydrogen-bond donors (Lipinski definition) is 2. The molecule has 1 aromatic rings. The number of ether oxygens (including phenoxy) is 2. The maximum absolute atomic E-state index is 11.4. The van der Waals surface area contributed by atoms with Crippen LogP contribution in [-0.4, -0.2) is 34.1 Å². The molecule has 0 aromatic carbocycles. The lowest BCUT2D eigenvalue weighted by Gasteiger charge is -2.11. The fourth-order valence-electron chi connectivity index (χ4n) is 1.11. The van der Waals surface area contributed by atoms with Crippen molar-refractivity contribution in [3.05, 3.63) is 11.1 Å². The SMILES string of the molecule is CCOC(=O)C(N)c1csc(NC(=O)OCC(Cl)(Cl)Cl)n1.Cl. The third-order valence-corrected chi connectivity index (χ3v) is 3.06. The van der Waals surface area contributed by atoms with Crippen molar-refractivity contribution in [3.63, 3.8) is 0 Å². The van der Waals surface area contributed by atoms with Crippen molar-refractivity contribution in [2.45, 2.75) is 16.8 Å². The first-order valence-corrected chi connectivity index (χ1v) is 7.62. The van der Waals surface area contributed by atoms with Crippen molar-refractivity contribution < 1.29 is 19.1 Å². The average molecular weight is 413 g/mol. The predicted octanol–water partition coefficient (Wildman–Crippen LogP) is 3.05. The molecule has 0 fully saturated rings. The maximum Gasteiger partial charge on any atom is 0.413 e. The summed E-state index contributed by atoms with van der Waals surface area (Å²) in [6.07, 6.45) is -0.841. The van der Waals surface area contributed by atoms with Gasteiger partial charge in [0.05, 0.1) is 12.3 Å². The third-order valence-electron chi connectivity index (χ3n) is 1.96. The minimum atomic E-state index is -1.70. The van der Waals surface area contributed by atoms with Gasteiger partial charge in [0.25, 0.3) is 0 Å². The van der Waals surface area contributed by atoms with Crippen LogP contribution in [0.15, 0.2) is 5.38 Å². The lowest BCUT2D eigenvalue weighted by molar-refractivity contribution is -0.144. The highest BCUT2D eigenvalue weighted by Crippen LogP contribution is 2.26. The van der Waals surface area contributed by atoms with E-state index in [1.54, 1.807) is 6.92 Å². The monoisotopic (exact) mass is 411 g/mol. The Balaban J connectivity index is 0.00000441. The Morgan fingerprint density at radius 2 is 2.09 bits per heavy atom. The molecule has 1 amide bonds. The van der Waals surface area contributed by atoms with Gasteiger partial charge in [-0.05, 0) is 6.92 Å². The van der Waals surface area contributed by atoms with Crippen LogP contribution in [0.5, 0.6) is 0 Å². The number of alkyl halides is 3. The summed E-state index contributed by atoms with van der Waals surface area (Å²) in [4.78, 5) is 26.8. The van der Waals surface area contributed by atoms with Crippen LogP contribution in [-0.2, 0) is 14.3 Å². The molecule has 0 saturated carbocycles. The zero-order valence-electron chi connectivity index (χ0n) is 11.2. The number of hydrogen-bond acceptors (Lipinski definition) is 7. The lowest BCUT2D eigenvalue weighted by Crippen LogP contribution is -2.24. The van der Waals surface area contributed by atoms with Crippen LogP contribution in [0.3, 0.4) is 0 Å². The van der Waals surface area contributed by atoms with Gasteiger partial charge in [-0.3, -0.25) is 5.32 Å². The van der Waals surface area contributed by atoms with E-state index in [1.807, 2.05) is 0 Å². The summed E-state index contributed by atoms with van der Waals surface area (Å²) >= 11 is 17.4. The molecule has 1 unspecified atom stereocenters. The molecule has 0 radical (unpaired) electrons. The van der Waals surface area contributed by atoms with Crippen molar-refractivity contribution in [1.82, 2.24) is 4.98 Å². The second-order valence-corrected chi connectivity index (χ2v) is 7.00. The zero-order valence-corrected chi connectivity index (χ0v) is 15.1. The van der Waals surface area contributed by atoms with E-state index in [4.69, 9.17) is 45.3 Å². The lowest BCUT2D eigenvalue weighted by atomic mass is 10.2. The number of aromatic nitrogens is 1. The summed E-state index contributed by atoms with van der Waals surface area (Å²) in [5, 5.41) is 4.04. The highest BCUT2D eigenvalue weighted by Gasteiger charge is 2.23. The van der Waals surface area contributed by atoms with Gasteiger partial charge in [-0.1, -0.05) is 34.8 Å². The maximum atomic E-state index is 11.4. The van der Waals surface area contributed by atoms with Crippen LogP contribution in [0.2, 0.25) is 0 Å². The van der Waals surface area contributed by atoms with Crippen molar-refractivity contribution in [3.8, 4) is 0 Å². The Morgan fingerprint density at radius 1 is 1.45 bits per heavy atom.